The fraction of sp³-hybridized carbons (Fsp3) is 0.250. The number of hydrogen-bond donors (Lipinski definition) is 0. The van der Waals surface area contributed by atoms with Crippen molar-refractivity contribution in [3.8, 4) is 11.3 Å². The maximum Gasteiger partial charge on any atom is 0.247 e. The zero-order valence-corrected chi connectivity index (χ0v) is 21.1. The van der Waals surface area contributed by atoms with Gasteiger partial charge in [-0.15, -0.1) is 11.3 Å². The lowest BCUT2D eigenvalue weighted by Crippen LogP contribution is -2.48. The van der Waals surface area contributed by atoms with Crippen LogP contribution in [0.1, 0.15) is 5.56 Å². The van der Waals surface area contributed by atoms with Crippen LogP contribution >= 0.6 is 43.2 Å². The van der Waals surface area contributed by atoms with Crippen molar-refractivity contribution in [1.29, 1.82) is 0 Å². The summed E-state index contributed by atoms with van der Waals surface area (Å²) in [6, 6.07) is 8.96. The van der Waals surface area contributed by atoms with Crippen molar-refractivity contribution in [3.63, 3.8) is 0 Å². The molecule has 0 saturated carbocycles. The maximum absolute atomic E-state index is 14.6. The van der Waals surface area contributed by atoms with E-state index in [1.807, 2.05) is 35.4 Å². The van der Waals surface area contributed by atoms with Gasteiger partial charge in [0, 0.05) is 37.1 Å². The molecule has 0 atom stereocenters. The minimum Gasteiger partial charge on any atom is -0.345 e. The molecule has 0 amide bonds. The van der Waals surface area contributed by atoms with Crippen LogP contribution in [-0.2, 0) is 10.0 Å². The molecule has 2 aromatic carbocycles. The predicted molar refractivity (Wildman–Crippen MR) is 125 cm³/mol. The topological polar surface area (TPSA) is 53.5 Å². The van der Waals surface area contributed by atoms with Crippen molar-refractivity contribution in [2.75, 3.05) is 31.1 Å². The molecule has 1 aromatic heterocycles. The molecule has 0 N–H and O–H groups in total. The average molecular weight is 593 g/mol. The first-order valence-corrected chi connectivity index (χ1v) is 13.2. The minimum absolute atomic E-state index is 0.141. The van der Waals surface area contributed by atoms with Gasteiger partial charge in [0.05, 0.1) is 14.6 Å². The number of sulfonamides is 1. The van der Waals surface area contributed by atoms with Crippen molar-refractivity contribution in [1.82, 2.24) is 9.29 Å². The quantitative estimate of drug-likeness (QED) is 0.379. The SMILES string of the molecule is Cc1cccc(-c2csc(N3CCN(S(=O)(=O)c4c(F)c(Br)cc(F)c4Br)CC3)n2)c1. The third-order valence-electron chi connectivity index (χ3n) is 4.98. The van der Waals surface area contributed by atoms with E-state index in [2.05, 4.69) is 37.9 Å². The third kappa shape index (κ3) is 4.43. The van der Waals surface area contributed by atoms with E-state index in [9.17, 15) is 17.2 Å². The summed E-state index contributed by atoms with van der Waals surface area (Å²) in [5.41, 5.74) is 3.04. The van der Waals surface area contributed by atoms with Crippen LogP contribution in [0, 0.1) is 18.6 Å². The Labute approximate surface area is 200 Å². The highest BCUT2D eigenvalue weighted by Crippen LogP contribution is 2.35. The molecule has 3 aromatic rings. The normalized spacial score (nSPS) is 15.5. The first-order chi connectivity index (χ1) is 14.7. The Hall–Kier alpha value is -1.40. The second kappa shape index (κ2) is 8.86. The van der Waals surface area contributed by atoms with Crippen LogP contribution in [0.25, 0.3) is 11.3 Å². The van der Waals surface area contributed by atoms with Gasteiger partial charge >= 0.3 is 0 Å². The van der Waals surface area contributed by atoms with E-state index in [0.717, 1.165) is 28.0 Å². The zero-order chi connectivity index (χ0) is 22.3. The fourth-order valence-corrected chi connectivity index (χ4v) is 7.26. The van der Waals surface area contributed by atoms with Gasteiger partial charge in [0.1, 0.15) is 10.7 Å². The average Bonchev–Trinajstić information content (AvgIpc) is 3.23. The Morgan fingerprint density at radius 2 is 1.81 bits per heavy atom. The summed E-state index contributed by atoms with van der Waals surface area (Å²) in [6.07, 6.45) is 0. The van der Waals surface area contributed by atoms with Gasteiger partial charge in [0.25, 0.3) is 0 Å². The van der Waals surface area contributed by atoms with Gasteiger partial charge in [-0.3, -0.25) is 0 Å². The van der Waals surface area contributed by atoms with Gasteiger partial charge in [0.15, 0.2) is 10.9 Å². The van der Waals surface area contributed by atoms with E-state index < -0.39 is 31.0 Å². The van der Waals surface area contributed by atoms with Crippen molar-refractivity contribution in [3.05, 3.63) is 61.9 Å². The molecule has 0 aliphatic carbocycles. The van der Waals surface area contributed by atoms with Crippen LogP contribution < -0.4 is 4.90 Å². The van der Waals surface area contributed by atoms with Crippen LogP contribution in [0.3, 0.4) is 0 Å². The number of halogens is 4. The van der Waals surface area contributed by atoms with Gasteiger partial charge < -0.3 is 4.90 Å². The van der Waals surface area contributed by atoms with Crippen LogP contribution in [0.5, 0.6) is 0 Å². The largest absolute Gasteiger partial charge is 0.345 e. The van der Waals surface area contributed by atoms with Crippen LogP contribution in [-0.4, -0.2) is 43.9 Å². The fourth-order valence-electron chi connectivity index (χ4n) is 3.37. The van der Waals surface area contributed by atoms with Crippen LogP contribution in [0.2, 0.25) is 0 Å². The molecular weight excluding hydrogens is 576 g/mol. The first kappa shape index (κ1) is 22.8. The highest BCUT2D eigenvalue weighted by molar-refractivity contribution is 9.11. The number of anilines is 1. The lowest BCUT2D eigenvalue weighted by atomic mass is 10.1. The smallest absolute Gasteiger partial charge is 0.247 e. The van der Waals surface area contributed by atoms with Crippen molar-refractivity contribution < 1.29 is 17.2 Å². The van der Waals surface area contributed by atoms with Gasteiger partial charge in [-0.25, -0.2) is 22.2 Å². The summed E-state index contributed by atoms with van der Waals surface area (Å²) in [5, 5.41) is 2.78. The Morgan fingerprint density at radius 3 is 2.48 bits per heavy atom. The monoisotopic (exact) mass is 591 g/mol. The molecule has 1 saturated heterocycles. The molecule has 1 fully saturated rings. The summed E-state index contributed by atoms with van der Waals surface area (Å²) in [4.78, 5) is 6.01. The van der Waals surface area contributed by atoms with E-state index in [4.69, 9.17) is 4.98 Å². The number of aromatic nitrogens is 1. The van der Waals surface area contributed by atoms with Crippen LogP contribution in [0.15, 0.2) is 49.6 Å². The summed E-state index contributed by atoms with van der Waals surface area (Å²) >= 11 is 7.26. The Kier molecular flexibility index (Phi) is 6.51. The Bertz CT molecular complexity index is 1220. The number of thiazole rings is 1. The van der Waals surface area contributed by atoms with E-state index in [-0.39, 0.29) is 17.6 Å². The molecule has 1 aliphatic rings. The third-order valence-corrected chi connectivity index (χ3v) is 9.44. The number of hydrogen-bond acceptors (Lipinski definition) is 5. The number of aryl methyl sites for hydroxylation is 1. The molecule has 5 nitrogen and oxygen atoms in total. The zero-order valence-electron chi connectivity index (χ0n) is 16.3. The Morgan fingerprint density at radius 1 is 1.10 bits per heavy atom. The number of nitrogens with zero attached hydrogens (tertiary/aromatic N) is 3. The molecule has 31 heavy (non-hydrogen) atoms. The van der Waals surface area contributed by atoms with Gasteiger partial charge in [-0.1, -0.05) is 23.8 Å². The molecule has 0 radical (unpaired) electrons. The number of benzene rings is 2. The summed E-state index contributed by atoms with van der Waals surface area (Å²) < 4.78 is 55.2. The molecule has 1 aliphatic heterocycles. The summed E-state index contributed by atoms with van der Waals surface area (Å²) in [7, 11) is -4.22. The van der Waals surface area contributed by atoms with E-state index >= 15 is 0 Å². The molecule has 11 heteroatoms. The van der Waals surface area contributed by atoms with Gasteiger partial charge in [0.2, 0.25) is 10.0 Å². The van der Waals surface area contributed by atoms with Gasteiger partial charge in [-0.05, 0) is 50.9 Å². The van der Waals surface area contributed by atoms with Crippen LogP contribution in [0.4, 0.5) is 13.9 Å². The summed E-state index contributed by atoms with van der Waals surface area (Å²) in [5.74, 6) is -1.87. The maximum atomic E-state index is 14.6. The highest BCUT2D eigenvalue weighted by Gasteiger charge is 2.35. The van der Waals surface area contributed by atoms with Crippen molar-refractivity contribution in [2.24, 2.45) is 0 Å². The van der Waals surface area contributed by atoms with E-state index in [1.165, 1.54) is 15.6 Å². The standard InChI is InChI=1S/C20H17Br2F2N3O2S2/c1-12-3-2-4-13(9-12)16-11-30-20(25-16)26-5-7-27(8-6-26)31(28,29)19-17(22)15(23)10-14(21)18(19)24/h2-4,9-11H,5-8H2,1H3. The second-order valence-electron chi connectivity index (χ2n) is 7.07. The molecular formula is C20H17Br2F2N3O2S2. The van der Waals surface area contributed by atoms with Crippen molar-refractivity contribution in [2.45, 2.75) is 11.8 Å². The molecule has 164 valence electrons. The molecule has 0 bridgehead atoms. The predicted octanol–water partition coefficient (Wildman–Crippen LogP) is 5.43. The highest BCUT2D eigenvalue weighted by atomic mass is 79.9. The number of piperazine rings is 1. The van der Waals surface area contributed by atoms with E-state index in [1.54, 1.807) is 0 Å². The van der Waals surface area contributed by atoms with E-state index in [0.29, 0.717) is 13.1 Å². The van der Waals surface area contributed by atoms with Crippen molar-refractivity contribution >= 4 is 58.4 Å². The molecule has 0 spiro atoms. The second-order valence-corrected chi connectivity index (χ2v) is 11.4. The summed E-state index contributed by atoms with van der Waals surface area (Å²) in [6.45, 7) is 3.10. The molecule has 0 unspecified atom stereocenters. The minimum atomic E-state index is -4.22. The molecule has 4 rings (SSSR count). The Balaban J connectivity index is 1.52. The first-order valence-electron chi connectivity index (χ1n) is 9.29. The van der Waals surface area contributed by atoms with Gasteiger partial charge in [-0.2, -0.15) is 4.31 Å². The molecule has 2 heterocycles. The lowest BCUT2D eigenvalue weighted by Gasteiger charge is -2.34. The lowest BCUT2D eigenvalue weighted by molar-refractivity contribution is 0.381. The number of rotatable bonds is 4.